The largest absolute Gasteiger partial charge is 0.464 e. The van der Waals surface area contributed by atoms with Gasteiger partial charge in [-0.05, 0) is 48.5 Å². The molecule has 0 aromatic heterocycles. The number of anilines is 2. The van der Waals surface area contributed by atoms with Crippen molar-refractivity contribution in [3.63, 3.8) is 0 Å². The van der Waals surface area contributed by atoms with E-state index >= 15 is 0 Å². The van der Waals surface area contributed by atoms with E-state index in [0.29, 0.717) is 24.5 Å². The second kappa shape index (κ2) is 16.2. The van der Waals surface area contributed by atoms with Crippen LogP contribution < -0.4 is 9.80 Å². The average Bonchev–Trinajstić information content (AvgIpc) is 2.98. The van der Waals surface area contributed by atoms with E-state index in [0.717, 1.165) is 11.4 Å². The molecule has 0 saturated heterocycles. The summed E-state index contributed by atoms with van der Waals surface area (Å²) in [5.74, 6) is -1.02. The van der Waals surface area contributed by atoms with Crippen LogP contribution in [0.1, 0.15) is 12.8 Å². The lowest BCUT2D eigenvalue weighted by atomic mass is 10.2. The lowest BCUT2D eigenvalue weighted by molar-refractivity contribution is -0.150. The molecule has 0 fully saturated rings. The van der Waals surface area contributed by atoms with Gasteiger partial charge in [-0.2, -0.15) is 21.0 Å². The molecule has 2 aromatic carbocycles. The van der Waals surface area contributed by atoms with Crippen LogP contribution >= 0.6 is 0 Å². The van der Waals surface area contributed by atoms with Crippen LogP contribution in [-0.2, 0) is 19.1 Å². The Morgan fingerprint density at radius 3 is 1.27 bits per heavy atom. The Labute approximate surface area is 232 Å². The van der Waals surface area contributed by atoms with E-state index in [4.69, 9.17) is 30.5 Å². The van der Waals surface area contributed by atoms with Crippen molar-refractivity contribution in [2.45, 2.75) is 12.8 Å². The van der Waals surface area contributed by atoms with Crippen LogP contribution in [-0.4, -0.2) is 63.8 Å². The number of likely N-dealkylation sites (N-methyl/N-ethyl adjacent to an activating group) is 2. The van der Waals surface area contributed by atoms with Crippen LogP contribution in [0.4, 0.5) is 22.7 Å². The third kappa shape index (κ3) is 10.3. The molecule has 0 atom stereocenters. The first-order valence-electron chi connectivity index (χ1n) is 12.0. The van der Waals surface area contributed by atoms with Gasteiger partial charge in [0.1, 0.15) is 37.5 Å². The lowest BCUT2D eigenvalue weighted by Gasteiger charge is -2.19. The first-order chi connectivity index (χ1) is 19.3. The molecule has 0 N–H and O–H groups in total. The molecule has 0 heterocycles. The Hall–Kier alpha value is -5.72. The molecule has 2 aromatic rings. The molecule has 2 rings (SSSR count). The number of aliphatic imine (C=N–C) groups is 2. The molecule has 0 radical (unpaired) electrons. The van der Waals surface area contributed by atoms with E-state index < -0.39 is 11.9 Å². The fourth-order valence-corrected chi connectivity index (χ4v) is 3.17. The van der Waals surface area contributed by atoms with Gasteiger partial charge in [-0.3, -0.25) is 9.59 Å². The van der Waals surface area contributed by atoms with E-state index in [1.165, 1.54) is 0 Å². The molecule has 12 heteroatoms. The molecule has 0 aliphatic carbocycles. The molecule has 12 nitrogen and oxygen atoms in total. The van der Waals surface area contributed by atoms with Crippen LogP contribution in [0.5, 0.6) is 0 Å². The Kier molecular flexibility index (Phi) is 12.3. The Balaban J connectivity index is 1.66. The summed E-state index contributed by atoms with van der Waals surface area (Å²) in [7, 11) is 3.64. The number of nitriles is 4. The maximum atomic E-state index is 12.0. The first-order valence-corrected chi connectivity index (χ1v) is 12.0. The van der Waals surface area contributed by atoms with Crippen LogP contribution in [0.3, 0.4) is 0 Å². The van der Waals surface area contributed by atoms with E-state index in [-0.39, 0.29) is 37.5 Å². The second-order valence-electron chi connectivity index (χ2n) is 8.18. The number of ether oxygens (including phenoxy) is 2. The van der Waals surface area contributed by atoms with Crippen molar-refractivity contribution in [3.05, 3.63) is 48.5 Å². The fraction of sp³-hybridized carbons (Fsp3) is 0.286. The monoisotopic (exact) mass is 538 g/mol. The summed E-state index contributed by atoms with van der Waals surface area (Å²) in [5.41, 5.74) is 2.16. The molecule has 0 aliphatic heterocycles. The summed E-state index contributed by atoms with van der Waals surface area (Å²) < 4.78 is 10.4. The summed E-state index contributed by atoms with van der Waals surface area (Å²) >= 11 is 0. The van der Waals surface area contributed by atoms with Crippen molar-refractivity contribution in [1.29, 1.82) is 21.0 Å². The minimum Gasteiger partial charge on any atom is -0.464 e. The number of benzene rings is 2. The summed E-state index contributed by atoms with van der Waals surface area (Å²) in [6.45, 7) is 1.08. The van der Waals surface area contributed by atoms with Crippen molar-refractivity contribution in [1.82, 2.24) is 0 Å². The highest BCUT2D eigenvalue weighted by Gasteiger charge is 2.11. The number of carbonyl (C=O) groups excluding carboxylic acids is 2. The van der Waals surface area contributed by atoms with Gasteiger partial charge in [0.05, 0.1) is 37.3 Å². The van der Waals surface area contributed by atoms with Gasteiger partial charge in [-0.15, -0.1) is 0 Å². The molecule has 0 aliphatic rings. The van der Waals surface area contributed by atoms with Gasteiger partial charge in [-0.1, -0.05) is 0 Å². The molecule has 0 saturated carbocycles. The minimum absolute atomic E-state index is 0.0967. The van der Waals surface area contributed by atoms with Gasteiger partial charge in [-0.25, -0.2) is 9.98 Å². The van der Waals surface area contributed by atoms with E-state index in [1.54, 1.807) is 72.8 Å². The lowest BCUT2D eigenvalue weighted by Crippen LogP contribution is -2.25. The number of carbonyl (C=O) groups is 2. The van der Waals surface area contributed by atoms with Crippen molar-refractivity contribution < 1.29 is 19.1 Å². The zero-order valence-corrected chi connectivity index (χ0v) is 22.1. The van der Waals surface area contributed by atoms with E-state index in [9.17, 15) is 9.59 Å². The van der Waals surface area contributed by atoms with Crippen molar-refractivity contribution in [2.24, 2.45) is 9.98 Å². The van der Waals surface area contributed by atoms with E-state index in [1.807, 2.05) is 23.9 Å². The zero-order valence-electron chi connectivity index (χ0n) is 22.1. The SMILES string of the molecule is CN(CCOC(=O)CCC(=O)OCCN(C)c1ccc(N=C(C#N)C#N)cc1)c1ccc(N=C(C#N)C#N)cc1. The number of rotatable bonds is 13. The third-order valence-electron chi connectivity index (χ3n) is 5.40. The molecule has 0 amide bonds. The Morgan fingerprint density at radius 2 is 0.975 bits per heavy atom. The number of hydrogen-bond acceptors (Lipinski definition) is 12. The maximum Gasteiger partial charge on any atom is 0.306 e. The predicted molar refractivity (Wildman–Crippen MR) is 147 cm³/mol. The summed E-state index contributed by atoms with van der Waals surface area (Å²) in [5, 5.41) is 35.1. The van der Waals surface area contributed by atoms with Crippen LogP contribution in [0.15, 0.2) is 58.5 Å². The number of hydrogen-bond donors (Lipinski definition) is 0. The highest BCUT2D eigenvalue weighted by atomic mass is 16.5. The van der Waals surface area contributed by atoms with Crippen LogP contribution in [0, 0.1) is 45.3 Å². The quantitative estimate of drug-likeness (QED) is 0.271. The highest BCUT2D eigenvalue weighted by molar-refractivity contribution is 6.11. The van der Waals surface area contributed by atoms with Crippen LogP contribution in [0.25, 0.3) is 0 Å². The smallest absolute Gasteiger partial charge is 0.306 e. The standard InChI is InChI=1S/C28H26N8O4/c1-35(25-7-3-21(4-8-25)33-23(17-29)18-30)13-15-39-27(37)11-12-28(38)40-16-14-36(2)26-9-5-22(6-10-26)34-24(19-31)20-32/h3-10H,11-16H2,1-2H3. The summed E-state index contributed by atoms with van der Waals surface area (Å²) in [4.78, 5) is 35.6. The topological polar surface area (TPSA) is 179 Å². The molecular formula is C28H26N8O4. The summed E-state index contributed by atoms with van der Waals surface area (Å²) in [6.07, 6.45) is -0.193. The zero-order chi connectivity index (χ0) is 29.3. The van der Waals surface area contributed by atoms with Crippen molar-refractivity contribution in [3.8, 4) is 24.3 Å². The van der Waals surface area contributed by atoms with Gasteiger partial charge in [0.15, 0.2) is 0 Å². The Morgan fingerprint density at radius 1 is 0.650 bits per heavy atom. The highest BCUT2D eigenvalue weighted by Crippen LogP contribution is 2.20. The van der Waals surface area contributed by atoms with Gasteiger partial charge in [0.2, 0.25) is 11.4 Å². The number of nitrogens with zero attached hydrogens (tertiary/aromatic N) is 8. The van der Waals surface area contributed by atoms with Gasteiger partial charge < -0.3 is 19.3 Å². The van der Waals surface area contributed by atoms with Gasteiger partial charge in [0.25, 0.3) is 0 Å². The minimum atomic E-state index is -0.508. The molecule has 0 bridgehead atoms. The molecule has 40 heavy (non-hydrogen) atoms. The molecule has 0 spiro atoms. The predicted octanol–water partition coefficient (Wildman–Crippen LogP) is 3.37. The molecule has 202 valence electrons. The maximum absolute atomic E-state index is 12.0. The molecule has 0 unspecified atom stereocenters. The summed E-state index contributed by atoms with van der Waals surface area (Å²) in [6, 6.07) is 20.6. The molecular weight excluding hydrogens is 512 g/mol. The van der Waals surface area contributed by atoms with Gasteiger partial charge >= 0.3 is 11.9 Å². The fourth-order valence-electron chi connectivity index (χ4n) is 3.17. The first kappa shape index (κ1) is 30.5. The average molecular weight is 539 g/mol. The normalized spacial score (nSPS) is 9.45. The van der Waals surface area contributed by atoms with Crippen molar-refractivity contribution >= 4 is 46.1 Å². The van der Waals surface area contributed by atoms with Gasteiger partial charge in [0, 0.05) is 25.5 Å². The van der Waals surface area contributed by atoms with Crippen molar-refractivity contribution in [2.75, 3.05) is 50.2 Å². The third-order valence-corrected chi connectivity index (χ3v) is 5.40. The number of esters is 2. The van der Waals surface area contributed by atoms with E-state index in [2.05, 4.69) is 9.98 Å². The Bertz CT molecular complexity index is 1260. The van der Waals surface area contributed by atoms with Crippen LogP contribution in [0.2, 0.25) is 0 Å². The second-order valence-corrected chi connectivity index (χ2v) is 8.18.